The highest BCUT2D eigenvalue weighted by Crippen LogP contribution is 2.28. The summed E-state index contributed by atoms with van der Waals surface area (Å²) in [7, 11) is 0. The standard InChI is InChI=1S/C24H25FN4O2/c1-17(30)19-5-7-23(21(25)15-19)28-10-12-29(13-11-28)24(31)20-14-18(16-26)4-6-22(20)27-8-2-3-9-27/h4-7,14-15H,2-3,8-13H2,1H3. The van der Waals surface area contributed by atoms with Gasteiger partial charge in [0.05, 0.1) is 22.9 Å². The van der Waals surface area contributed by atoms with Crippen LogP contribution in [0.2, 0.25) is 0 Å². The fraction of sp³-hybridized carbons (Fsp3) is 0.375. The second kappa shape index (κ2) is 8.76. The van der Waals surface area contributed by atoms with Crippen LogP contribution in [0, 0.1) is 17.1 Å². The van der Waals surface area contributed by atoms with Gasteiger partial charge in [0.15, 0.2) is 5.78 Å². The van der Waals surface area contributed by atoms with E-state index in [1.165, 1.54) is 13.0 Å². The van der Waals surface area contributed by atoms with Crippen molar-refractivity contribution >= 4 is 23.1 Å². The number of rotatable bonds is 4. The molecule has 0 aliphatic carbocycles. The number of Topliss-reactive ketones (excluding diaryl/α,β-unsaturated/α-hetero) is 1. The summed E-state index contributed by atoms with van der Waals surface area (Å²) < 4.78 is 14.5. The molecule has 2 aromatic carbocycles. The first-order chi connectivity index (χ1) is 15.0. The second-order valence-electron chi connectivity index (χ2n) is 8.04. The quantitative estimate of drug-likeness (QED) is 0.709. The van der Waals surface area contributed by atoms with Crippen LogP contribution in [-0.4, -0.2) is 55.9 Å². The number of nitriles is 1. The molecule has 2 saturated heterocycles. The highest BCUT2D eigenvalue weighted by Gasteiger charge is 2.27. The lowest BCUT2D eigenvalue weighted by Gasteiger charge is -2.37. The molecule has 7 heteroatoms. The third-order valence-corrected chi connectivity index (χ3v) is 6.06. The first-order valence-electron chi connectivity index (χ1n) is 10.6. The number of nitrogens with zero attached hydrogens (tertiary/aromatic N) is 4. The van der Waals surface area contributed by atoms with E-state index in [9.17, 15) is 19.2 Å². The van der Waals surface area contributed by atoms with Crippen LogP contribution in [0.5, 0.6) is 0 Å². The van der Waals surface area contributed by atoms with Crippen molar-refractivity contribution in [1.29, 1.82) is 5.26 Å². The van der Waals surface area contributed by atoms with Gasteiger partial charge >= 0.3 is 0 Å². The van der Waals surface area contributed by atoms with Crippen molar-refractivity contribution in [3.8, 4) is 6.07 Å². The maximum Gasteiger partial charge on any atom is 0.256 e. The van der Waals surface area contributed by atoms with Gasteiger partial charge in [0.2, 0.25) is 0 Å². The number of hydrogen-bond acceptors (Lipinski definition) is 5. The Kier molecular flexibility index (Phi) is 5.90. The van der Waals surface area contributed by atoms with Gasteiger partial charge in [-0.2, -0.15) is 5.26 Å². The van der Waals surface area contributed by atoms with E-state index in [0.717, 1.165) is 31.6 Å². The summed E-state index contributed by atoms with van der Waals surface area (Å²) in [6.45, 7) is 5.16. The Morgan fingerprint density at radius 2 is 1.55 bits per heavy atom. The molecule has 0 unspecified atom stereocenters. The summed E-state index contributed by atoms with van der Waals surface area (Å²) in [5.41, 5.74) is 2.71. The Labute approximate surface area is 181 Å². The van der Waals surface area contributed by atoms with Crippen molar-refractivity contribution in [1.82, 2.24) is 4.90 Å². The molecule has 4 rings (SSSR count). The van der Waals surface area contributed by atoms with Gasteiger partial charge in [0.1, 0.15) is 5.82 Å². The molecule has 2 fully saturated rings. The van der Waals surface area contributed by atoms with E-state index >= 15 is 0 Å². The van der Waals surface area contributed by atoms with E-state index in [0.29, 0.717) is 48.6 Å². The predicted octanol–water partition coefficient (Wildman–Crippen LogP) is 3.46. The molecule has 0 atom stereocenters. The Morgan fingerprint density at radius 1 is 0.903 bits per heavy atom. The number of hydrogen-bond donors (Lipinski definition) is 0. The highest BCUT2D eigenvalue weighted by atomic mass is 19.1. The van der Waals surface area contributed by atoms with Gasteiger partial charge in [-0.1, -0.05) is 0 Å². The Bertz CT molecular complexity index is 1050. The van der Waals surface area contributed by atoms with Gasteiger partial charge in [-0.25, -0.2) is 4.39 Å². The number of carbonyl (C=O) groups excluding carboxylic acids is 2. The first kappa shape index (κ1) is 20.9. The molecule has 0 aromatic heterocycles. The summed E-state index contributed by atoms with van der Waals surface area (Å²) in [5, 5.41) is 9.30. The number of amides is 1. The zero-order valence-corrected chi connectivity index (χ0v) is 17.6. The van der Waals surface area contributed by atoms with E-state index in [-0.39, 0.29) is 11.7 Å². The van der Waals surface area contributed by atoms with Crippen molar-refractivity contribution in [2.75, 3.05) is 49.1 Å². The first-order valence-corrected chi connectivity index (χ1v) is 10.6. The largest absolute Gasteiger partial charge is 0.371 e. The Morgan fingerprint density at radius 3 is 2.16 bits per heavy atom. The molecule has 2 aromatic rings. The van der Waals surface area contributed by atoms with E-state index < -0.39 is 5.82 Å². The van der Waals surface area contributed by atoms with Crippen LogP contribution in [0.25, 0.3) is 0 Å². The number of halogens is 1. The molecular formula is C24H25FN4O2. The van der Waals surface area contributed by atoms with Crippen molar-refractivity contribution in [2.24, 2.45) is 0 Å². The van der Waals surface area contributed by atoms with Crippen molar-refractivity contribution in [3.63, 3.8) is 0 Å². The molecule has 6 nitrogen and oxygen atoms in total. The number of anilines is 2. The van der Waals surface area contributed by atoms with Gasteiger partial charge in [0.25, 0.3) is 5.91 Å². The Balaban J connectivity index is 1.50. The van der Waals surface area contributed by atoms with Gasteiger partial charge in [0, 0.05) is 50.5 Å². The van der Waals surface area contributed by atoms with Crippen LogP contribution in [0.15, 0.2) is 36.4 Å². The maximum atomic E-state index is 14.5. The monoisotopic (exact) mass is 420 g/mol. The summed E-state index contributed by atoms with van der Waals surface area (Å²) in [5.74, 6) is -0.689. The lowest BCUT2D eigenvalue weighted by Crippen LogP contribution is -2.49. The number of piperazine rings is 1. The van der Waals surface area contributed by atoms with E-state index in [1.807, 2.05) is 11.0 Å². The fourth-order valence-corrected chi connectivity index (χ4v) is 4.31. The summed E-state index contributed by atoms with van der Waals surface area (Å²) in [4.78, 5) is 30.7. The third-order valence-electron chi connectivity index (χ3n) is 6.06. The minimum absolute atomic E-state index is 0.0916. The molecule has 0 N–H and O–H groups in total. The van der Waals surface area contributed by atoms with E-state index in [1.54, 1.807) is 29.2 Å². The van der Waals surface area contributed by atoms with E-state index in [2.05, 4.69) is 11.0 Å². The topological polar surface area (TPSA) is 67.6 Å². The van der Waals surface area contributed by atoms with Crippen LogP contribution in [0.3, 0.4) is 0 Å². The van der Waals surface area contributed by atoms with Crippen LogP contribution in [-0.2, 0) is 0 Å². The molecule has 0 saturated carbocycles. The minimum Gasteiger partial charge on any atom is -0.371 e. The molecule has 1 amide bonds. The molecule has 2 heterocycles. The average Bonchev–Trinajstić information content (AvgIpc) is 3.33. The predicted molar refractivity (Wildman–Crippen MR) is 117 cm³/mol. The fourth-order valence-electron chi connectivity index (χ4n) is 4.31. The Hall–Kier alpha value is -3.40. The number of carbonyl (C=O) groups is 2. The van der Waals surface area contributed by atoms with Crippen LogP contribution in [0.4, 0.5) is 15.8 Å². The highest BCUT2D eigenvalue weighted by molar-refractivity contribution is 6.00. The molecule has 0 radical (unpaired) electrons. The molecular weight excluding hydrogens is 395 g/mol. The van der Waals surface area contributed by atoms with E-state index in [4.69, 9.17) is 0 Å². The maximum absolute atomic E-state index is 14.5. The second-order valence-corrected chi connectivity index (χ2v) is 8.04. The lowest BCUT2D eigenvalue weighted by atomic mass is 10.1. The smallest absolute Gasteiger partial charge is 0.256 e. The number of benzene rings is 2. The summed E-state index contributed by atoms with van der Waals surface area (Å²) in [6, 6.07) is 12.0. The normalized spacial score (nSPS) is 16.4. The van der Waals surface area contributed by atoms with Gasteiger partial charge in [-0.3, -0.25) is 9.59 Å². The molecule has 160 valence electrons. The zero-order chi connectivity index (χ0) is 22.0. The SMILES string of the molecule is CC(=O)c1ccc(N2CCN(C(=O)c3cc(C#N)ccc3N3CCCC3)CC2)c(F)c1. The van der Waals surface area contributed by atoms with Crippen LogP contribution in [0.1, 0.15) is 46.0 Å². The van der Waals surface area contributed by atoms with Gasteiger partial charge in [-0.15, -0.1) is 0 Å². The molecule has 0 bridgehead atoms. The van der Waals surface area contributed by atoms with Crippen LogP contribution >= 0.6 is 0 Å². The van der Waals surface area contributed by atoms with Crippen molar-refractivity contribution < 1.29 is 14.0 Å². The molecule has 0 spiro atoms. The summed E-state index contributed by atoms with van der Waals surface area (Å²) >= 11 is 0. The molecule has 2 aliphatic heterocycles. The molecule has 31 heavy (non-hydrogen) atoms. The lowest BCUT2D eigenvalue weighted by molar-refractivity contribution is 0.0747. The minimum atomic E-state index is -0.425. The van der Waals surface area contributed by atoms with Crippen LogP contribution < -0.4 is 9.80 Å². The zero-order valence-electron chi connectivity index (χ0n) is 17.6. The third kappa shape index (κ3) is 4.24. The number of ketones is 1. The average molecular weight is 420 g/mol. The van der Waals surface area contributed by atoms with Crippen molar-refractivity contribution in [3.05, 3.63) is 58.9 Å². The van der Waals surface area contributed by atoms with Crippen molar-refractivity contribution in [2.45, 2.75) is 19.8 Å². The summed E-state index contributed by atoms with van der Waals surface area (Å²) in [6.07, 6.45) is 2.20. The molecule has 2 aliphatic rings. The van der Waals surface area contributed by atoms with Gasteiger partial charge in [-0.05, 0) is 56.2 Å². The van der Waals surface area contributed by atoms with Gasteiger partial charge < -0.3 is 14.7 Å².